The second kappa shape index (κ2) is 12.6. The molecule has 0 spiro atoms. The minimum Gasteiger partial charge on any atom is -0.491 e. The average molecular weight is 508 g/mol. The van der Waals surface area contributed by atoms with Gasteiger partial charge in [0.05, 0.1) is 15.4 Å². The van der Waals surface area contributed by atoms with Crippen LogP contribution in [-0.4, -0.2) is 61.6 Å². The lowest BCUT2D eigenvalue weighted by Crippen LogP contribution is -2.39. The van der Waals surface area contributed by atoms with Gasteiger partial charge in [0.15, 0.2) is 0 Å². The quantitative estimate of drug-likeness (QED) is 0.314. The van der Waals surface area contributed by atoms with Crippen LogP contribution in [0.15, 0.2) is 53.4 Å². The zero-order chi connectivity index (χ0) is 26.2. The molecule has 0 radical (unpaired) electrons. The van der Waals surface area contributed by atoms with Gasteiger partial charge >= 0.3 is 0 Å². The zero-order valence-corrected chi connectivity index (χ0v) is 21.2. The molecule has 0 aromatic heterocycles. The van der Waals surface area contributed by atoms with E-state index in [4.69, 9.17) is 4.74 Å². The summed E-state index contributed by atoms with van der Waals surface area (Å²) < 4.78 is 33.7. The number of nitrogens with one attached hydrogen (secondary N) is 1. The molecule has 0 saturated carbocycles. The Morgan fingerprint density at radius 3 is 2.17 bits per heavy atom. The Labute approximate surface area is 206 Å². The highest BCUT2D eigenvalue weighted by Crippen LogP contribution is 2.20. The summed E-state index contributed by atoms with van der Waals surface area (Å²) in [6.45, 7) is 8.37. The van der Waals surface area contributed by atoms with Gasteiger partial charge in [0, 0.05) is 31.8 Å². The molecule has 192 valence electrons. The van der Waals surface area contributed by atoms with Gasteiger partial charge in [0.25, 0.3) is 11.6 Å². The highest BCUT2D eigenvalue weighted by atomic mass is 32.2. The van der Waals surface area contributed by atoms with Crippen molar-refractivity contribution >= 4 is 21.6 Å². The van der Waals surface area contributed by atoms with Gasteiger partial charge in [-0.25, -0.2) is 13.1 Å². The average Bonchev–Trinajstić information content (AvgIpc) is 2.80. The number of hydrogen-bond donors (Lipinski definition) is 2. The van der Waals surface area contributed by atoms with Gasteiger partial charge in [0.1, 0.15) is 18.5 Å². The number of ether oxygens (including phenoxy) is 1. The van der Waals surface area contributed by atoms with Crippen molar-refractivity contribution in [3.63, 3.8) is 0 Å². The summed E-state index contributed by atoms with van der Waals surface area (Å²) in [5.41, 5.74) is -0.0304. The van der Waals surface area contributed by atoms with Gasteiger partial charge in [-0.3, -0.25) is 14.9 Å². The molecule has 0 heterocycles. The van der Waals surface area contributed by atoms with Crippen molar-refractivity contribution in [3.8, 4) is 5.75 Å². The number of nitro benzene ring substituents is 1. The van der Waals surface area contributed by atoms with Gasteiger partial charge in [-0.05, 0) is 36.1 Å². The number of carbonyl (C=O) groups is 1. The summed E-state index contributed by atoms with van der Waals surface area (Å²) in [7, 11) is -4.11. The van der Waals surface area contributed by atoms with E-state index in [0.717, 1.165) is 0 Å². The molecular formula is C24H33N3O7S. The molecule has 0 aliphatic carbocycles. The number of carbonyl (C=O) groups excluding carboxylic acids is 1. The van der Waals surface area contributed by atoms with E-state index in [1.54, 1.807) is 11.0 Å². The summed E-state index contributed by atoms with van der Waals surface area (Å²) in [4.78, 5) is 24.9. The van der Waals surface area contributed by atoms with Crippen molar-refractivity contribution in [3.05, 3.63) is 64.2 Å². The smallest absolute Gasteiger partial charge is 0.269 e. The molecule has 0 saturated heterocycles. The molecular weight excluding hydrogens is 474 g/mol. The third-order valence-electron chi connectivity index (χ3n) is 4.86. The number of benzene rings is 2. The van der Waals surface area contributed by atoms with Crippen molar-refractivity contribution < 1.29 is 28.0 Å². The van der Waals surface area contributed by atoms with Gasteiger partial charge in [-0.15, -0.1) is 0 Å². The fourth-order valence-electron chi connectivity index (χ4n) is 3.37. The highest BCUT2D eigenvalue weighted by molar-refractivity contribution is 7.89. The number of nitro groups is 1. The largest absolute Gasteiger partial charge is 0.491 e. The Morgan fingerprint density at radius 2 is 1.63 bits per heavy atom. The van der Waals surface area contributed by atoms with Crippen LogP contribution in [0.5, 0.6) is 5.75 Å². The predicted molar refractivity (Wildman–Crippen MR) is 132 cm³/mol. The van der Waals surface area contributed by atoms with Gasteiger partial charge < -0.3 is 14.7 Å². The van der Waals surface area contributed by atoms with Crippen molar-refractivity contribution in [2.75, 3.05) is 26.2 Å². The third kappa shape index (κ3) is 8.61. The maximum Gasteiger partial charge on any atom is 0.269 e. The number of sulfonamides is 1. The lowest BCUT2D eigenvalue weighted by molar-refractivity contribution is -0.384. The van der Waals surface area contributed by atoms with Crippen LogP contribution in [0.25, 0.3) is 0 Å². The van der Waals surface area contributed by atoms with Crippen LogP contribution >= 0.6 is 0 Å². The molecule has 2 aromatic rings. The van der Waals surface area contributed by atoms with Crippen LogP contribution in [0.2, 0.25) is 0 Å². The first-order valence-electron chi connectivity index (χ1n) is 11.3. The molecule has 2 rings (SSSR count). The number of aliphatic hydroxyl groups excluding tert-OH is 1. The Hall–Kier alpha value is -3.02. The normalized spacial score (nSPS) is 12.5. The third-order valence-corrected chi connectivity index (χ3v) is 6.35. The van der Waals surface area contributed by atoms with Crippen LogP contribution in [0.4, 0.5) is 5.69 Å². The fourth-order valence-corrected chi connectivity index (χ4v) is 4.64. The second-order valence-corrected chi connectivity index (χ2v) is 10.8. The molecule has 2 N–H and O–H groups in total. The first kappa shape index (κ1) is 28.2. The minimum atomic E-state index is -4.11. The molecule has 1 atom stereocenters. The molecule has 0 aliphatic rings. The molecule has 1 amide bonds. The molecule has 10 nitrogen and oxygen atoms in total. The predicted octanol–water partition coefficient (Wildman–Crippen LogP) is 3.07. The molecule has 0 bridgehead atoms. The van der Waals surface area contributed by atoms with Gasteiger partial charge in [-0.2, -0.15) is 0 Å². The molecule has 0 fully saturated rings. The maximum absolute atomic E-state index is 13.3. The van der Waals surface area contributed by atoms with E-state index in [-0.39, 0.29) is 47.0 Å². The number of non-ortho nitro benzene ring substituents is 1. The minimum absolute atomic E-state index is 0.0675. The summed E-state index contributed by atoms with van der Waals surface area (Å²) in [5.74, 6) is 0.357. The molecule has 11 heteroatoms. The number of rotatable bonds is 13. The van der Waals surface area contributed by atoms with Crippen LogP contribution in [0.1, 0.15) is 38.1 Å². The second-order valence-electron chi connectivity index (χ2n) is 9.06. The Morgan fingerprint density at radius 1 is 1.06 bits per heavy atom. The molecule has 35 heavy (non-hydrogen) atoms. The van der Waals surface area contributed by atoms with Crippen LogP contribution in [0.3, 0.4) is 0 Å². The first-order chi connectivity index (χ1) is 16.4. The van der Waals surface area contributed by atoms with E-state index in [1.165, 1.54) is 42.5 Å². The van der Waals surface area contributed by atoms with E-state index < -0.39 is 21.1 Å². The van der Waals surface area contributed by atoms with Crippen LogP contribution < -0.4 is 9.46 Å². The SMILES string of the molecule is CC(C)CN(CC(C)C)C(=O)c1ccccc1S(=O)(=O)NCC(O)COc1ccc([N+](=O)[O-])cc1. The topological polar surface area (TPSA) is 139 Å². The number of nitrogens with zero attached hydrogens (tertiary/aromatic N) is 2. The number of hydrogen-bond acceptors (Lipinski definition) is 7. The van der Waals surface area contributed by atoms with E-state index >= 15 is 0 Å². The van der Waals surface area contributed by atoms with Crippen molar-refractivity contribution in [1.29, 1.82) is 0 Å². The zero-order valence-electron chi connectivity index (χ0n) is 20.4. The van der Waals surface area contributed by atoms with Crippen LogP contribution in [-0.2, 0) is 10.0 Å². The monoisotopic (exact) mass is 507 g/mol. The number of amides is 1. The Kier molecular flexibility index (Phi) is 10.2. The van der Waals surface area contributed by atoms with Crippen LogP contribution in [0, 0.1) is 22.0 Å². The lowest BCUT2D eigenvalue weighted by atomic mass is 10.1. The van der Waals surface area contributed by atoms with Gasteiger partial charge in [-0.1, -0.05) is 39.8 Å². The van der Waals surface area contributed by atoms with Crippen molar-refractivity contribution in [1.82, 2.24) is 9.62 Å². The molecule has 0 aliphatic heterocycles. The standard InChI is InChI=1S/C24H33N3O7S/c1-17(2)14-26(15-18(3)4)24(29)22-7-5-6-8-23(22)35(32,33)25-13-20(28)16-34-21-11-9-19(10-12-21)27(30)31/h5-12,17-18,20,25,28H,13-16H2,1-4H3. The summed E-state index contributed by atoms with van der Waals surface area (Å²) >= 11 is 0. The fraction of sp³-hybridized carbons (Fsp3) is 0.458. The maximum atomic E-state index is 13.3. The van der Waals surface area contributed by atoms with E-state index in [1.807, 2.05) is 27.7 Å². The van der Waals surface area contributed by atoms with Gasteiger partial charge in [0.2, 0.25) is 10.0 Å². The lowest BCUT2D eigenvalue weighted by Gasteiger charge is -2.27. The van der Waals surface area contributed by atoms with Crippen molar-refractivity contribution in [2.45, 2.75) is 38.7 Å². The Balaban J connectivity index is 2.08. The summed E-state index contributed by atoms with van der Waals surface area (Å²) in [6.07, 6.45) is -1.19. The van der Waals surface area contributed by atoms with E-state index in [2.05, 4.69) is 4.72 Å². The first-order valence-corrected chi connectivity index (χ1v) is 12.8. The summed E-state index contributed by atoms with van der Waals surface area (Å²) in [6, 6.07) is 11.3. The van der Waals surface area contributed by atoms with E-state index in [9.17, 15) is 28.4 Å². The van der Waals surface area contributed by atoms with Crippen molar-refractivity contribution in [2.24, 2.45) is 11.8 Å². The molecule has 2 aromatic carbocycles. The Bertz CT molecular complexity index is 1090. The molecule has 1 unspecified atom stereocenters. The number of aliphatic hydroxyl groups is 1. The highest BCUT2D eigenvalue weighted by Gasteiger charge is 2.26. The summed E-state index contributed by atoms with van der Waals surface area (Å²) in [5, 5.41) is 20.9. The van der Waals surface area contributed by atoms with E-state index in [0.29, 0.717) is 18.8 Å².